The summed E-state index contributed by atoms with van der Waals surface area (Å²) in [6, 6.07) is 5.02. The van der Waals surface area contributed by atoms with Crippen LogP contribution in [0.2, 0.25) is 0 Å². The third kappa shape index (κ3) is 2.94. The van der Waals surface area contributed by atoms with Crippen molar-refractivity contribution in [3.05, 3.63) is 35.4 Å². The molecule has 5 heteroatoms. The van der Waals surface area contributed by atoms with Gasteiger partial charge in [0.25, 0.3) is 0 Å². The second kappa shape index (κ2) is 4.20. The Hall–Kier alpha value is -1.07. The minimum absolute atomic E-state index is 0.230. The summed E-state index contributed by atoms with van der Waals surface area (Å²) in [6.45, 7) is 1.51. The van der Waals surface area contributed by atoms with E-state index in [1.54, 1.807) is 0 Å². The Bertz CT molecular complexity index is 316. The topological polar surface area (TPSA) is 40.5 Å². The predicted molar refractivity (Wildman–Crippen MR) is 48.1 cm³/mol. The molecule has 2 atom stereocenters. The van der Waals surface area contributed by atoms with Gasteiger partial charge >= 0.3 is 6.18 Å². The van der Waals surface area contributed by atoms with Gasteiger partial charge in [0.2, 0.25) is 0 Å². The molecular formula is C10H11F3O2. The first-order valence-electron chi connectivity index (χ1n) is 4.35. The maximum absolute atomic E-state index is 12.1. The molecule has 0 amide bonds. The first-order valence-corrected chi connectivity index (χ1v) is 4.35. The summed E-state index contributed by atoms with van der Waals surface area (Å²) in [5.41, 5.74) is 0.278. The van der Waals surface area contributed by atoms with Crippen LogP contribution in [0.4, 0.5) is 13.2 Å². The summed E-state index contributed by atoms with van der Waals surface area (Å²) in [7, 11) is 0. The van der Waals surface area contributed by atoms with Crippen LogP contribution in [0.3, 0.4) is 0 Å². The van der Waals surface area contributed by atoms with E-state index < -0.39 is 18.4 Å². The van der Waals surface area contributed by atoms with E-state index in [4.69, 9.17) is 10.2 Å². The van der Waals surface area contributed by atoms with E-state index in [-0.39, 0.29) is 5.56 Å². The molecule has 0 saturated heterocycles. The molecule has 0 heterocycles. The van der Waals surface area contributed by atoms with Gasteiger partial charge in [-0.2, -0.15) is 13.2 Å². The van der Waals surface area contributed by atoms with Crippen molar-refractivity contribution in [1.82, 2.24) is 0 Å². The van der Waals surface area contributed by atoms with E-state index in [2.05, 4.69) is 0 Å². The minimum Gasteiger partial charge on any atom is -0.389 e. The summed E-state index contributed by atoms with van der Waals surface area (Å²) in [4.78, 5) is 0. The summed E-state index contributed by atoms with van der Waals surface area (Å²) >= 11 is 0. The van der Waals surface area contributed by atoms with E-state index in [0.717, 1.165) is 12.1 Å². The zero-order valence-corrected chi connectivity index (χ0v) is 7.99. The molecule has 0 radical (unpaired) electrons. The number of alkyl halides is 3. The Morgan fingerprint density at radius 1 is 1.00 bits per heavy atom. The highest BCUT2D eigenvalue weighted by molar-refractivity contribution is 5.26. The van der Waals surface area contributed by atoms with Crippen molar-refractivity contribution in [2.24, 2.45) is 0 Å². The molecule has 0 fully saturated rings. The maximum atomic E-state index is 12.1. The van der Waals surface area contributed by atoms with Gasteiger partial charge < -0.3 is 10.2 Å². The molecular weight excluding hydrogens is 209 g/mol. The number of benzene rings is 1. The van der Waals surface area contributed by atoms with Crippen LogP contribution in [0.25, 0.3) is 0 Å². The van der Waals surface area contributed by atoms with Crippen LogP contribution < -0.4 is 0 Å². The number of rotatable bonds is 2. The van der Waals surface area contributed by atoms with Gasteiger partial charge in [0.1, 0.15) is 0 Å². The fourth-order valence-electron chi connectivity index (χ4n) is 1.15. The van der Waals surface area contributed by atoms with Crippen molar-refractivity contribution in [2.75, 3.05) is 0 Å². The largest absolute Gasteiger partial charge is 0.418 e. The molecule has 1 aromatic rings. The highest BCUT2D eigenvalue weighted by Crippen LogP contribution is 2.32. The lowest BCUT2D eigenvalue weighted by atomic mass is 10.0. The average Bonchev–Trinajstić information content (AvgIpc) is 2.15. The van der Waals surface area contributed by atoms with Gasteiger partial charge in [0.15, 0.2) is 6.10 Å². The van der Waals surface area contributed by atoms with Crippen LogP contribution in [-0.4, -0.2) is 16.4 Å². The van der Waals surface area contributed by atoms with Crippen molar-refractivity contribution in [1.29, 1.82) is 0 Å². The quantitative estimate of drug-likeness (QED) is 0.803. The van der Waals surface area contributed by atoms with Crippen LogP contribution in [0.1, 0.15) is 30.3 Å². The van der Waals surface area contributed by atoms with Gasteiger partial charge in [-0.1, -0.05) is 24.3 Å². The Kier molecular flexibility index (Phi) is 3.36. The number of hydrogen-bond acceptors (Lipinski definition) is 2. The van der Waals surface area contributed by atoms with Gasteiger partial charge in [-0.25, -0.2) is 0 Å². The standard InChI is InChI=1S/C10H11F3O2/c1-6(14)7-2-4-8(5-3-7)9(15)10(11,12)13/h2-6,9,14-15H,1H3. The molecule has 2 N–H and O–H groups in total. The summed E-state index contributed by atoms with van der Waals surface area (Å²) in [5, 5.41) is 18.0. The molecule has 0 aliphatic carbocycles. The molecule has 0 spiro atoms. The molecule has 2 nitrogen and oxygen atoms in total. The molecule has 0 bridgehead atoms. The van der Waals surface area contributed by atoms with Crippen molar-refractivity contribution in [2.45, 2.75) is 25.3 Å². The third-order valence-electron chi connectivity index (χ3n) is 2.04. The van der Waals surface area contributed by atoms with Crippen molar-refractivity contribution in [3.63, 3.8) is 0 Å². The van der Waals surface area contributed by atoms with Gasteiger partial charge in [0, 0.05) is 0 Å². The lowest BCUT2D eigenvalue weighted by Crippen LogP contribution is -2.20. The molecule has 0 aromatic heterocycles. The molecule has 0 saturated carbocycles. The van der Waals surface area contributed by atoms with Gasteiger partial charge in [0.05, 0.1) is 6.10 Å². The second-order valence-electron chi connectivity index (χ2n) is 3.29. The Balaban J connectivity index is 2.89. The minimum atomic E-state index is -4.66. The van der Waals surface area contributed by atoms with Crippen LogP contribution in [0.15, 0.2) is 24.3 Å². The molecule has 1 rings (SSSR count). The van der Waals surface area contributed by atoms with Crippen LogP contribution in [0.5, 0.6) is 0 Å². The fraction of sp³-hybridized carbons (Fsp3) is 0.400. The number of halogens is 3. The predicted octanol–water partition coefficient (Wildman–Crippen LogP) is 2.34. The highest BCUT2D eigenvalue weighted by Gasteiger charge is 2.39. The van der Waals surface area contributed by atoms with Gasteiger partial charge in [-0.05, 0) is 18.1 Å². The third-order valence-corrected chi connectivity index (χ3v) is 2.04. The first-order chi connectivity index (χ1) is 6.82. The van der Waals surface area contributed by atoms with Crippen molar-refractivity contribution < 1.29 is 23.4 Å². The Morgan fingerprint density at radius 3 is 1.73 bits per heavy atom. The van der Waals surface area contributed by atoms with Crippen molar-refractivity contribution >= 4 is 0 Å². The van der Waals surface area contributed by atoms with Crippen LogP contribution in [-0.2, 0) is 0 Å². The van der Waals surface area contributed by atoms with E-state index in [9.17, 15) is 13.2 Å². The first kappa shape index (κ1) is 12.0. The average molecular weight is 220 g/mol. The SMILES string of the molecule is CC(O)c1ccc(C(O)C(F)(F)F)cc1. The lowest BCUT2D eigenvalue weighted by molar-refractivity contribution is -0.206. The second-order valence-corrected chi connectivity index (χ2v) is 3.29. The monoisotopic (exact) mass is 220 g/mol. The molecule has 2 unspecified atom stereocenters. The van der Waals surface area contributed by atoms with E-state index in [1.165, 1.54) is 19.1 Å². The van der Waals surface area contributed by atoms with Crippen LogP contribution in [0, 0.1) is 0 Å². The Labute approximate surface area is 85.0 Å². The normalized spacial score (nSPS) is 16.1. The van der Waals surface area contributed by atoms with Crippen LogP contribution >= 0.6 is 0 Å². The molecule has 15 heavy (non-hydrogen) atoms. The molecule has 84 valence electrons. The lowest BCUT2D eigenvalue weighted by Gasteiger charge is -2.15. The van der Waals surface area contributed by atoms with E-state index >= 15 is 0 Å². The summed E-state index contributed by atoms with van der Waals surface area (Å²) < 4.78 is 36.3. The zero-order chi connectivity index (χ0) is 11.6. The van der Waals surface area contributed by atoms with Gasteiger partial charge in [-0.15, -0.1) is 0 Å². The highest BCUT2D eigenvalue weighted by atomic mass is 19.4. The van der Waals surface area contributed by atoms with E-state index in [1.807, 2.05) is 0 Å². The molecule has 1 aromatic carbocycles. The fourth-order valence-corrected chi connectivity index (χ4v) is 1.15. The Morgan fingerprint density at radius 2 is 1.40 bits per heavy atom. The number of aliphatic hydroxyl groups is 2. The maximum Gasteiger partial charge on any atom is 0.418 e. The van der Waals surface area contributed by atoms with Crippen molar-refractivity contribution in [3.8, 4) is 0 Å². The zero-order valence-electron chi connectivity index (χ0n) is 7.99. The molecule has 0 aliphatic heterocycles. The van der Waals surface area contributed by atoms with E-state index in [0.29, 0.717) is 5.56 Å². The van der Waals surface area contributed by atoms with Gasteiger partial charge in [-0.3, -0.25) is 0 Å². The smallest absolute Gasteiger partial charge is 0.389 e. The summed E-state index contributed by atoms with van der Waals surface area (Å²) in [5.74, 6) is 0. The number of aliphatic hydroxyl groups excluding tert-OH is 2. The number of hydrogen-bond donors (Lipinski definition) is 2. The summed E-state index contributed by atoms with van der Waals surface area (Å²) in [6.07, 6.45) is -7.87. The molecule has 0 aliphatic rings.